The summed E-state index contributed by atoms with van der Waals surface area (Å²) < 4.78 is 18.9. The van der Waals surface area contributed by atoms with Crippen LogP contribution in [0.5, 0.6) is 5.75 Å². The van der Waals surface area contributed by atoms with Gasteiger partial charge in [0.2, 0.25) is 11.8 Å². The van der Waals surface area contributed by atoms with Crippen molar-refractivity contribution in [3.8, 4) is 17.0 Å². The fourth-order valence-corrected chi connectivity index (χ4v) is 2.59. The molecule has 0 unspecified atom stereocenters. The van der Waals surface area contributed by atoms with Crippen molar-refractivity contribution in [1.82, 2.24) is 15.0 Å². The summed E-state index contributed by atoms with van der Waals surface area (Å²) in [5, 5.41) is 24.2. The summed E-state index contributed by atoms with van der Waals surface area (Å²) in [5.41, 5.74) is 1.17. The van der Waals surface area contributed by atoms with Crippen LogP contribution in [-0.4, -0.2) is 40.2 Å². The second-order valence-corrected chi connectivity index (χ2v) is 5.71. The summed E-state index contributed by atoms with van der Waals surface area (Å²) in [7, 11) is 3.02. The Morgan fingerprint density at radius 2 is 2.10 bits per heavy atom. The Bertz CT molecular complexity index is 1090. The van der Waals surface area contributed by atoms with Crippen molar-refractivity contribution < 1.29 is 14.1 Å². The number of ether oxygens (including phenoxy) is 1. The molecule has 1 aromatic carbocycles. The van der Waals surface area contributed by atoms with Crippen LogP contribution in [0, 0.1) is 21.3 Å². The molecule has 0 aliphatic heterocycles. The SMILES string of the molecule is CNc1ncc(-c2ccnc(Nc3cc([N+](=O)[O-])c(F)cc3OC)n2)cc1C=N. The molecule has 0 fully saturated rings. The van der Waals surface area contributed by atoms with E-state index in [1.807, 2.05) is 0 Å². The maximum atomic E-state index is 13.8. The van der Waals surface area contributed by atoms with Crippen LogP contribution in [0.2, 0.25) is 0 Å². The highest BCUT2D eigenvalue weighted by Crippen LogP contribution is 2.33. The zero-order valence-electron chi connectivity index (χ0n) is 15.4. The Kier molecular flexibility index (Phi) is 5.58. The highest BCUT2D eigenvalue weighted by molar-refractivity contribution is 5.86. The summed E-state index contributed by atoms with van der Waals surface area (Å²) in [6.07, 6.45) is 4.25. The average molecular weight is 397 g/mol. The van der Waals surface area contributed by atoms with Crippen molar-refractivity contribution in [3.05, 3.63) is 58.2 Å². The zero-order valence-corrected chi connectivity index (χ0v) is 15.4. The van der Waals surface area contributed by atoms with Gasteiger partial charge in [-0.2, -0.15) is 4.39 Å². The van der Waals surface area contributed by atoms with Crippen molar-refractivity contribution in [2.75, 3.05) is 24.8 Å². The zero-order chi connectivity index (χ0) is 21.0. The number of aromatic nitrogens is 3. The van der Waals surface area contributed by atoms with E-state index in [9.17, 15) is 14.5 Å². The van der Waals surface area contributed by atoms with Crippen LogP contribution < -0.4 is 15.4 Å². The lowest BCUT2D eigenvalue weighted by atomic mass is 10.1. The lowest BCUT2D eigenvalue weighted by Crippen LogP contribution is -2.03. The number of hydrogen-bond acceptors (Lipinski definition) is 9. The van der Waals surface area contributed by atoms with Crippen LogP contribution >= 0.6 is 0 Å². The quantitative estimate of drug-likeness (QED) is 0.313. The molecule has 0 atom stereocenters. The molecule has 29 heavy (non-hydrogen) atoms. The molecule has 0 bridgehead atoms. The van der Waals surface area contributed by atoms with E-state index in [0.29, 0.717) is 22.6 Å². The Labute approximate surface area is 164 Å². The van der Waals surface area contributed by atoms with Crippen LogP contribution in [-0.2, 0) is 0 Å². The number of hydrogen-bond donors (Lipinski definition) is 3. The van der Waals surface area contributed by atoms with Gasteiger partial charge in [0.25, 0.3) is 0 Å². The topological polar surface area (TPSA) is 139 Å². The Morgan fingerprint density at radius 1 is 1.31 bits per heavy atom. The lowest BCUT2D eigenvalue weighted by Gasteiger charge is -2.11. The molecule has 0 aliphatic rings. The normalized spacial score (nSPS) is 10.3. The number of benzene rings is 1. The van der Waals surface area contributed by atoms with E-state index >= 15 is 0 Å². The van der Waals surface area contributed by atoms with Crippen molar-refractivity contribution in [3.63, 3.8) is 0 Å². The number of halogens is 1. The molecule has 0 saturated heterocycles. The largest absolute Gasteiger partial charge is 0.494 e. The molecule has 0 saturated carbocycles. The Balaban J connectivity index is 1.98. The third-order valence-corrected chi connectivity index (χ3v) is 3.97. The molecule has 2 heterocycles. The highest BCUT2D eigenvalue weighted by Gasteiger charge is 2.19. The van der Waals surface area contributed by atoms with Gasteiger partial charge in [-0.1, -0.05) is 0 Å². The van der Waals surface area contributed by atoms with Crippen LogP contribution in [0.3, 0.4) is 0 Å². The van der Waals surface area contributed by atoms with Crippen molar-refractivity contribution in [2.24, 2.45) is 0 Å². The molecule has 11 heteroatoms. The summed E-state index contributed by atoms with van der Waals surface area (Å²) in [6, 6.07) is 5.32. The van der Waals surface area contributed by atoms with E-state index in [1.165, 1.54) is 19.5 Å². The van der Waals surface area contributed by atoms with Gasteiger partial charge < -0.3 is 20.8 Å². The minimum absolute atomic E-state index is 0.0632. The fraction of sp³-hybridized carbons (Fsp3) is 0.111. The number of nitro benzene ring substituents is 1. The van der Waals surface area contributed by atoms with Crippen molar-refractivity contribution in [1.29, 1.82) is 5.41 Å². The van der Waals surface area contributed by atoms with Gasteiger partial charge in [0.1, 0.15) is 11.6 Å². The highest BCUT2D eigenvalue weighted by atomic mass is 19.1. The summed E-state index contributed by atoms with van der Waals surface area (Å²) in [6.45, 7) is 0. The second kappa shape index (κ2) is 8.25. The predicted octanol–water partition coefficient (Wildman–Crippen LogP) is 3.38. The smallest absolute Gasteiger partial charge is 0.307 e. The molecule has 0 radical (unpaired) electrons. The summed E-state index contributed by atoms with van der Waals surface area (Å²) in [4.78, 5) is 22.9. The van der Waals surface area contributed by atoms with Crippen molar-refractivity contribution in [2.45, 2.75) is 0 Å². The minimum atomic E-state index is -1.01. The maximum Gasteiger partial charge on any atom is 0.307 e. The Morgan fingerprint density at radius 3 is 2.76 bits per heavy atom. The van der Waals surface area contributed by atoms with Crippen LogP contribution in [0.15, 0.2) is 36.7 Å². The van der Waals surface area contributed by atoms with Crippen LogP contribution in [0.1, 0.15) is 5.56 Å². The van der Waals surface area contributed by atoms with E-state index in [2.05, 4.69) is 25.6 Å². The van der Waals surface area contributed by atoms with E-state index in [-0.39, 0.29) is 17.4 Å². The first-order valence-corrected chi connectivity index (χ1v) is 8.27. The number of nitrogens with one attached hydrogen (secondary N) is 3. The predicted molar refractivity (Wildman–Crippen MR) is 106 cm³/mol. The molecule has 148 valence electrons. The minimum Gasteiger partial charge on any atom is -0.494 e. The van der Waals surface area contributed by atoms with Gasteiger partial charge in [0.05, 0.1) is 23.4 Å². The number of methoxy groups -OCH3 is 1. The second-order valence-electron chi connectivity index (χ2n) is 5.71. The van der Waals surface area contributed by atoms with E-state index in [0.717, 1.165) is 12.1 Å². The molecule has 3 rings (SSSR count). The maximum absolute atomic E-state index is 13.8. The van der Waals surface area contributed by atoms with Crippen LogP contribution in [0.4, 0.5) is 27.5 Å². The number of nitrogens with zero attached hydrogens (tertiary/aromatic N) is 4. The molecule has 3 aromatic rings. The Hall–Kier alpha value is -4.15. The van der Waals surface area contributed by atoms with Gasteiger partial charge >= 0.3 is 5.69 Å². The molecule has 10 nitrogen and oxygen atoms in total. The molecule has 3 N–H and O–H groups in total. The first kappa shape index (κ1) is 19.6. The molecule has 0 aliphatic carbocycles. The third kappa shape index (κ3) is 4.08. The summed E-state index contributed by atoms with van der Waals surface area (Å²) in [5.74, 6) is -0.273. The third-order valence-electron chi connectivity index (χ3n) is 3.97. The van der Waals surface area contributed by atoms with E-state index in [4.69, 9.17) is 10.1 Å². The van der Waals surface area contributed by atoms with E-state index in [1.54, 1.807) is 25.4 Å². The monoisotopic (exact) mass is 397 g/mol. The van der Waals surface area contributed by atoms with Gasteiger partial charge in [-0.15, -0.1) is 0 Å². The average Bonchev–Trinajstić information content (AvgIpc) is 2.74. The standard InChI is InChI=1S/C18H16FN7O3/c1-21-17-10(8-20)5-11(9-23-17)13-3-4-22-18(24-13)25-14-7-15(26(27)28)12(19)6-16(14)29-2/h3-9,20H,1-2H3,(H,21,23)(H,22,24,25). The summed E-state index contributed by atoms with van der Waals surface area (Å²) >= 11 is 0. The molecular formula is C18H16FN7O3. The number of nitro groups is 1. The van der Waals surface area contributed by atoms with Gasteiger partial charge in [0, 0.05) is 48.9 Å². The first-order valence-electron chi connectivity index (χ1n) is 8.27. The number of anilines is 3. The van der Waals surface area contributed by atoms with Crippen LogP contribution in [0.25, 0.3) is 11.3 Å². The fourth-order valence-electron chi connectivity index (χ4n) is 2.59. The lowest BCUT2D eigenvalue weighted by molar-refractivity contribution is -0.387. The first-order chi connectivity index (χ1) is 14.0. The van der Waals surface area contributed by atoms with E-state index < -0.39 is 16.4 Å². The number of pyridine rings is 1. The number of rotatable bonds is 7. The van der Waals surface area contributed by atoms with Gasteiger partial charge in [-0.25, -0.2) is 15.0 Å². The van der Waals surface area contributed by atoms with Crippen molar-refractivity contribution >= 4 is 29.4 Å². The van der Waals surface area contributed by atoms with Gasteiger partial charge in [0.15, 0.2) is 0 Å². The molecule has 0 spiro atoms. The molecular weight excluding hydrogens is 381 g/mol. The van der Waals surface area contributed by atoms with Gasteiger partial charge in [-0.3, -0.25) is 10.1 Å². The molecule has 2 aromatic heterocycles. The molecule has 0 amide bonds. The van der Waals surface area contributed by atoms with Gasteiger partial charge in [-0.05, 0) is 12.1 Å².